The Hall–Kier alpha value is -0.590. The first-order chi connectivity index (χ1) is 8.76. The zero-order chi connectivity index (χ0) is 14.3. The van der Waals surface area contributed by atoms with Crippen LogP contribution in [0, 0.1) is 6.92 Å². The lowest BCUT2D eigenvalue weighted by molar-refractivity contribution is 0.387. The molecule has 108 valence electrons. The molecule has 1 aromatic rings. The minimum absolute atomic E-state index is 0.191. The molecule has 5 nitrogen and oxygen atoms in total. The zero-order valence-electron chi connectivity index (χ0n) is 11.5. The molecular weight excluding hydrogens is 286 g/mol. The number of nitrogens with zero attached hydrogens (tertiary/aromatic N) is 2. The highest BCUT2D eigenvalue weighted by Gasteiger charge is 2.38. The maximum Gasteiger partial charge on any atom is 0.152 e. The second kappa shape index (κ2) is 5.07. The highest BCUT2D eigenvalue weighted by atomic mass is 35.5. The maximum atomic E-state index is 11.6. The van der Waals surface area contributed by atoms with Crippen LogP contribution in [0.5, 0.6) is 0 Å². The standard InChI is InChI=1S/C12H20ClN3O2S/c1-4-16-10(11(13)9(2)15-16)7-14-12(3)5-6-19(17,18)8-12/h14H,4-8H2,1-3H3. The normalized spacial score (nSPS) is 25.9. The molecule has 0 aliphatic carbocycles. The summed E-state index contributed by atoms with van der Waals surface area (Å²) in [5.74, 6) is 0.452. The summed E-state index contributed by atoms with van der Waals surface area (Å²) < 4.78 is 25.0. The van der Waals surface area contributed by atoms with E-state index >= 15 is 0 Å². The molecule has 0 aromatic carbocycles. The van der Waals surface area contributed by atoms with E-state index in [1.807, 2.05) is 25.5 Å². The molecule has 1 aromatic heterocycles. The lowest BCUT2D eigenvalue weighted by Crippen LogP contribution is -2.43. The Kier molecular flexibility index (Phi) is 3.95. The second-order valence-corrected chi connectivity index (χ2v) is 7.98. The van der Waals surface area contributed by atoms with Crippen molar-refractivity contribution in [2.45, 2.75) is 45.8 Å². The van der Waals surface area contributed by atoms with E-state index in [0.717, 1.165) is 17.9 Å². The molecule has 0 amide bonds. The van der Waals surface area contributed by atoms with Crippen LogP contribution in [0.1, 0.15) is 31.7 Å². The van der Waals surface area contributed by atoms with Crippen LogP contribution in [0.4, 0.5) is 0 Å². The van der Waals surface area contributed by atoms with Crippen LogP contribution in [-0.2, 0) is 22.9 Å². The van der Waals surface area contributed by atoms with E-state index in [2.05, 4.69) is 10.4 Å². The quantitative estimate of drug-likeness (QED) is 0.916. The van der Waals surface area contributed by atoms with Crippen molar-refractivity contribution >= 4 is 21.4 Å². The summed E-state index contributed by atoms with van der Waals surface area (Å²) in [7, 11) is -2.90. The van der Waals surface area contributed by atoms with E-state index in [4.69, 9.17) is 11.6 Å². The van der Waals surface area contributed by atoms with Gasteiger partial charge in [-0.2, -0.15) is 5.10 Å². The molecule has 0 spiro atoms. The average Bonchev–Trinajstić information content (AvgIpc) is 2.76. The van der Waals surface area contributed by atoms with Crippen molar-refractivity contribution < 1.29 is 8.42 Å². The van der Waals surface area contributed by atoms with Crippen molar-refractivity contribution in [3.05, 3.63) is 16.4 Å². The molecule has 2 heterocycles. The Morgan fingerprint density at radius 3 is 2.74 bits per heavy atom. The predicted molar refractivity (Wildman–Crippen MR) is 76.2 cm³/mol. The number of nitrogens with one attached hydrogen (secondary N) is 1. The molecule has 1 aliphatic heterocycles. The summed E-state index contributed by atoms with van der Waals surface area (Å²) in [5.41, 5.74) is 1.37. The van der Waals surface area contributed by atoms with Crippen LogP contribution in [0.25, 0.3) is 0 Å². The van der Waals surface area contributed by atoms with Gasteiger partial charge in [-0.05, 0) is 27.2 Å². The monoisotopic (exact) mass is 305 g/mol. The van der Waals surface area contributed by atoms with E-state index in [9.17, 15) is 8.42 Å². The molecule has 7 heteroatoms. The number of aromatic nitrogens is 2. The van der Waals surface area contributed by atoms with Crippen molar-refractivity contribution in [2.24, 2.45) is 0 Å². The number of hydrogen-bond donors (Lipinski definition) is 1. The first kappa shape index (κ1) is 14.8. The number of hydrogen-bond acceptors (Lipinski definition) is 4. The number of aryl methyl sites for hydroxylation is 2. The van der Waals surface area contributed by atoms with Gasteiger partial charge in [-0.25, -0.2) is 8.42 Å². The van der Waals surface area contributed by atoms with Gasteiger partial charge >= 0.3 is 0 Å². The third-order valence-electron chi connectivity index (χ3n) is 3.64. The van der Waals surface area contributed by atoms with Gasteiger partial charge in [0.15, 0.2) is 9.84 Å². The van der Waals surface area contributed by atoms with Gasteiger partial charge in [-0.15, -0.1) is 0 Å². The molecule has 19 heavy (non-hydrogen) atoms. The van der Waals surface area contributed by atoms with Crippen molar-refractivity contribution in [1.29, 1.82) is 0 Å². The molecular formula is C12H20ClN3O2S. The Bertz CT molecular complexity index is 582. The fourth-order valence-corrected chi connectivity index (χ4v) is 4.81. The second-order valence-electron chi connectivity index (χ2n) is 5.42. The van der Waals surface area contributed by atoms with Gasteiger partial charge in [0.05, 0.1) is 27.9 Å². The predicted octanol–water partition coefficient (Wildman–Crippen LogP) is 1.53. The van der Waals surface area contributed by atoms with Crippen LogP contribution in [0.2, 0.25) is 5.02 Å². The Balaban J connectivity index is 2.11. The Labute approximate surface area is 119 Å². The lowest BCUT2D eigenvalue weighted by Gasteiger charge is -2.24. The molecule has 1 aliphatic rings. The largest absolute Gasteiger partial charge is 0.305 e. The van der Waals surface area contributed by atoms with Crippen LogP contribution >= 0.6 is 11.6 Å². The molecule has 2 rings (SSSR count). The summed E-state index contributed by atoms with van der Waals surface area (Å²) in [6.07, 6.45) is 0.645. The minimum atomic E-state index is -2.90. The molecule has 1 unspecified atom stereocenters. The van der Waals surface area contributed by atoms with E-state index in [-0.39, 0.29) is 17.0 Å². The zero-order valence-corrected chi connectivity index (χ0v) is 13.1. The van der Waals surface area contributed by atoms with Crippen LogP contribution in [0.3, 0.4) is 0 Å². The Morgan fingerprint density at radius 1 is 1.53 bits per heavy atom. The van der Waals surface area contributed by atoms with Gasteiger partial charge in [0.25, 0.3) is 0 Å². The molecule has 1 saturated heterocycles. The summed E-state index contributed by atoms with van der Waals surface area (Å²) in [6.45, 7) is 7.12. The minimum Gasteiger partial charge on any atom is -0.305 e. The highest BCUT2D eigenvalue weighted by molar-refractivity contribution is 7.91. The van der Waals surface area contributed by atoms with Crippen molar-refractivity contribution in [2.75, 3.05) is 11.5 Å². The van der Waals surface area contributed by atoms with Gasteiger partial charge < -0.3 is 5.32 Å². The Morgan fingerprint density at radius 2 is 2.21 bits per heavy atom. The SMILES string of the molecule is CCn1nc(C)c(Cl)c1CNC1(C)CCS(=O)(=O)C1. The molecule has 1 N–H and O–H groups in total. The first-order valence-electron chi connectivity index (χ1n) is 6.43. The van der Waals surface area contributed by atoms with Gasteiger partial charge in [0, 0.05) is 18.6 Å². The highest BCUT2D eigenvalue weighted by Crippen LogP contribution is 2.25. The van der Waals surface area contributed by atoms with Gasteiger partial charge in [0.1, 0.15) is 0 Å². The molecule has 0 radical (unpaired) electrons. The summed E-state index contributed by atoms with van der Waals surface area (Å²) in [4.78, 5) is 0. The first-order valence-corrected chi connectivity index (χ1v) is 8.63. The van der Waals surface area contributed by atoms with E-state index in [0.29, 0.717) is 18.0 Å². The van der Waals surface area contributed by atoms with Gasteiger partial charge in [-0.1, -0.05) is 11.6 Å². The van der Waals surface area contributed by atoms with E-state index in [1.165, 1.54) is 0 Å². The van der Waals surface area contributed by atoms with Gasteiger partial charge in [0.2, 0.25) is 0 Å². The number of sulfone groups is 1. The average molecular weight is 306 g/mol. The van der Waals surface area contributed by atoms with Crippen molar-refractivity contribution in [3.8, 4) is 0 Å². The van der Waals surface area contributed by atoms with Crippen molar-refractivity contribution in [3.63, 3.8) is 0 Å². The van der Waals surface area contributed by atoms with Crippen LogP contribution in [-0.4, -0.2) is 35.2 Å². The number of halogens is 1. The fraction of sp³-hybridized carbons (Fsp3) is 0.750. The topological polar surface area (TPSA) is 64.0 Å². The fourth-order valence-electron chi connectivity index (χ4n) is 2.48. The molecule has 1 atom stereocenters. The lowest BCUT2D eigenvalue weighted by atomic mass is 10.0. The maximum absolute atomic E-state index is 11.6. The number of rotatable bonds is 4. The van der Waals surface area contributed by atoms with Crippen molar-refractivity contribution in [1.82, 2.24) is 15.1 Å². The summed E-state index contributed by atoms with van der Waals surface area (Å²) in [5, 5.41) is 8.35. The molecule has 0 saturated carbocycles. The van der Waals surface area contributed by atoms with Crippen LogP contribution < -0.4 is 5.32 Å². The van der Waals surface area contributed by atoms with Crippen LogP contribution in [0.15, 0.2) is 0 Å². The van der Waals surface area contributed by atoms with Gasteiger partial charge in [-0.3, -0.25) is 4.68 Å². The summed E-state index contributed by atoms with van der Waals surface area (Å²) in [6, 6.07) is 0. The third kappa shape index (κ3) is 3.12. The third-order valence-corrected chi connectivity index (χ3v) is 6.03. The van der Waals surface area contributed by atoms with E-state index in [1.54, 1.807) is 0 Å². The summed E-state index contributed by atoms with van der Waals surface area (Å²) >= 11 is 6.24. The smallest absolute Gasteiger partial charge is 0.152 e. The molecule has 0 bridgehead atoms. The van der Waals surface area contributed by atoms with E-state index < -0.39 is 9.84 Å². The molecule has 1 fully saturated rings.